The summed E-state index contributed by atoms with van der Waals surface area (Å²) in [7, 11) is 1.43. The Balaban J connectivity index is 1.51. The van der Waals surface area contributed by atoms with Gasteiger partial charge in [-0.3, -0.25) is 4.79 Å². The number of hydrogen-bond donors (Lipinski definition) is 2. The van der Waals surface area contributed by atoms with Crippen molar-refractivity contribution < 1.29 is 14.3 Å². The van der Waals surface area contributed by atoms with Crippen molar-refractivity contribution in [1.29, 1.82) is 5.41 Å². The van der Waals surface area contributed by atoms with E-state index in [-0.39, 0.29) is 18.1 Å². The monoisotopic (exact) mass is 461 g/mol. The number of aldehydes is 1. The van der Waals surface area contributed by atoms with Gasteiger partial charge in [-0.25, -0.2) is 9.78 Å². The highest BCUT2D eigenvalue weighted by Crippen LogP contribution is 2.40. The highest BCUT2D eigenvalue weighted by Gasteiger charge is 2.42. The molecule has 0 bridgehead atoms. The van der Waals surface area contributed by atoms with Crippen LogP contribution in [0.4, 0.5) is 22.0 Å². The largest absolute Gasteiger partial charge is 0.453 e. The minimum Gasteiger partial charge on any atom is -0.453 e. The van der Waals surface area contributed by atoms with Crippen LogP contribution in [0.2, 0.25) is 0 Å². The quantitative estimate of drug-likeness (QED) is 0.486. The zero-order valence-electron chi connectivity index (χ0n) is 19.5. The molecule has 2 unspecified atom stereocenters. The average Bonchev–Trinajstić information content (AvgIpc) is 3.26. The molecule has 8 heteroatoms. The average molecular weight is 462 g/mol. The molecule has 0 radical (unpaired) electrons. The summed E-state index contributed by atoms with van der Waals surface area (Å²) >= 11 is 0. The summed E-state index contributed by atoms with van der Waals surface area (Å²) in [5.41, 5.74) is 3.50. The molecule has 34 heavy (non-hydrogen) atoms. The number of fused-ring (bicyclic) bond motifs is 1. The first-order valence-corrected chi connectivity index (χ1v) is 12.1. The molecular weight excluding hydrogens is 430 g/mol. The van der Waals surface area contributed by atoms with Gasteiger partial charge in [0.25, 0.3) is 0 Å². The summed E-state index contributed by atoms with van der Waals surface area (Å²) in [5, 5.41) is 12.5. The van der Waals surface area contributed by atoms with E-state index in [2.05, 4.69) is 15.2 Å². The molecule has 2 N–H and O–H groups in total. The van der Waals surface area contributed by atoms with E-state index in [1.165, 1.54) is 7.11 Å². The fraction of sp³-hybridized carbons (Fsp3) is 0.462. The van der Waals surface area contributed by atoms with E-state index in [0.29, 0.717) is 29.7 Å². The second-order valence-electron chi connectivity index (χ2n) is 9.45. The van der Waals surface area contributed by atoms with Crippen LogP contribution in [0.15, 0.2) is 36.4 Å². The smallest absolute Gasteiger partial charge is 0.409 e. The maximum atomic E-state index is 12.2. The number of nitrogens with one attached hydrogen (secondary N) is 2. The Bertz CT molecular complexity index is 1090. The Morgan fingerprint density at radius 2 is 1.97 bits per heavy atom. The number of benzene rings is 1. The summed E-state index contributed by atoms with van der Waals surface area (Å²) < 4.78 is 4.98. The maximum Gasteiger partial charge on any atom is 0.409 e. The molecule has 1 aromatic carbocycles. The Kier molecular flexibility index (Phi) is 6.22. The Labute approximate surface area is 199 Å². The molecule has 2 aliphatic heterocycles. The number of ether oxygens (including phenoxy) is 1. The van der Waals surface area contributed by atoms with Gasteiger partial charge in [0.15, 0.2) is 6.29 Å². The molecule has 2 saturated heterocycles. The molecule has 178 valence electrons. The first-order chi connectivity index (χ1) is 16.6. The molecule has 1 aliphatic carbocycles. The van der Waals surface area contributed by atoms with Crippen molar-refractivity contribution in [3.63, 3.8) is 0 Å². The number of para-hydroxylation sites is 1. The number of rotatable bonds is 6. The minimum atomic E-state index is -0.255. The van der Waals surface area contributed by atoms with Crippen molar-refractivity contribution in [3.05, 3.63) is 47.7 Å². The van der Waals surface area contributed by atoms with Gasteiger partial charge in [-0.05, 0) is 49.8 Å². The molecule has 1 aromatic heterocycles. The summed E-state index contributed by atoms with van der Waals surface area (Å²) in [4.78, 5) is 32.8. The van der Waals surface area contributed by atoms with Gasteiger partial charge in [0.2, 0.25) is 0 Å². The van der Waals surface area contributed by atoms with Gasteiger partial charge in [-0.2, -0.15) is 0 Å². The lowest BCUT2D eigenvalue weighted by molar-refractivity contribution is 0.109. The second kappa shape index (κ2) is 9.44. The first-order valence-electron chi connectivity index (χ1n) is 12.1. The predicted molar refractivity (Wildman–Crippen MR) is 131 cm³/mol. The van der Waals surface area contributed by atoms with E-state index in [1.807, 2.05) is 41.3 Å². The number of pyridine rings is 1. The number of hydrogen-bond acceptors (Lipinski definition) is 7. The van der Waals surface area contributed by atoms with Gasteiger partial charge in [-0.1, -0.05) is 24.6 Å². The van der Waals surface area contributed by atoms with Crippen LogP contribution in [0.3, 0.4) is 0 Å². The van der Waals surface area contributed by atoms with Crippen molar-refractivity contribution in [2.45, 2.75) is 38.1 Å². The zero-order valence-corrected chi connectivity index (χ0v) is 19.5. The molecule has 2 aromatic rings. The number of aromatic nitrogens is 1. The number of carbonyl (C=O) groups is 2. The van der Waals surface area contributed by atoms with Crippen LogP contribution in [0, 0.1) is 17.2 Å². The number of piperidine rings is 1. The van der Waals surface area contributed by atoms with Crippen molar-refractivity contribution in [3.8, 4) is 0 Å². The van der Waals surface area contributed by atoms with Crippen LogP contribution in [-0.2, 0) is 4.74 Å². The number of carbonyl (C=O) groups excluding carboxylic acids is 2. The van der Waals surface area contributed by atoms with Gasteiger partial charge in [0, 0.05) is 43.0 Å². The summed E-state index contributed by atoms with van der Waals surface area (Å²) in [5.74, 6) is 1.11. The standard InChI is InChI=1S/C26H31N5O3/c1-34-26(33)31-13-10-18-15-30(12-11-21(18)31)22-14-20(16-32)29-25(28-19-8-3-2-4-9-19)23(22)24(27)17-6-5-7-17/h2-4,8-9,14,16-18,21,27H,5-7,10-13,15H2,1H3,(H,28,29). The molecule has 0 spiro atoms. The maximum absolute atomic E-state index is 12.2. The Hall–Kier alpha value is -3.42. The van der Waals surface area contributed by atoms with Crippen molar-refractivity contribution in [2.24, 2.45) is 11.8 Å². The SMILES string of the molecule is COC(=O)N1CCC2CN(c3cc(C=O)nc(Nc4ccccc4)c3C(=N)C3CCC3)CCC21. The number of anilines is 3. The van der Waals surface area contributed by atoms with Crippen LogP contribution < -0.4 is 10.2 Å². The fourth-order valence-corrected chi connectivity index (χ4v) is 5.52. The molecule has 3 heterocycles. The third-order valence-corrected chi connectivity index (χ3v) is 7.54. The van der Waals surface area contributed by atoms with Crippen molar-refractivity contribution in [2.75, 3.05) is 37.0 Å². The summed E-state index contributed by atoms with van der Waals surface area (Å²) in [6, 6.07) is 11.8. The highest BCUT2D eigenvalue weighted by atomic mass is 16.5. The van der Waals surface area contributed by atoms with E-state index in [4.69, 9.17) is 10.1 Å². The lowest BCUT2D eigenvalue weighted by Crippen LogP contribution is -2.48. The lowest BCUT2D eigenvalue weighted by atomic mass is 9.78. The molecule has 1 amide bonds. The molecule has 1 saturated carbocycles. The number of nitrogens with zero attached hydrogens (tertiary/aromatic N) is 3. The van der Waals surface area contributed by atoms with Crippen LogP contribution in [0.1, 0.15) is 48.2 Å². The third-order valence-electron chi connectivity index (χ3n) is 7.54. The predicted octanol–water partition coefficient (Wildman–Crippen LogP) is 4.47. The van der Waals surface area contributed by atoms with E-state index >= 15 is 0 Å². The van der Waals surface area contributed by atoms with Gasteiger partial charge in [0.1, 0.15) is 11.5 Å². The third kappa shape index (κ3) is 4.13. The van der Waals surface area contributed by atoms with E-state index in [0.717, 1.165) is 68.4 Å². The van der Waals surface area contributed by atoms with Crippen molar-refractivity contribution >= 4 is 35.3 Å². The topological polar surface area (TPSA) is 98.6 Å². The molecule has 5 rings (SSSR count). The highest BCUT2D eigenvalue weighted by molar-refractivity contribution is 6.10. The zero-order chi connectivity index (χ0) is 23.7. The number of likely N-dealkylation sites (tertiary alicyclic amines) is 1. The summed E-state index contributed by atoms with van der Waals surface area (Å²) in [6.07, 6.45) is 5.44. The molecule has 3 fully saturated rings. The van der Waals surface area contributed by atoms with Gasteiger partial charge in [-0.15, -0.1) is 0 Å². The van der Waals surface area contributed by atoms with Gasteiger partial charge >= 0.3 is 6.09 Å². The minimum absolute atomic E-state index is 0.174. The van der Waals surface area contributed by atoms with Crippen molar-refractivity contribution in [1.82, 2.24) is 9.88 Å². The second-order valence-corrected chi connectivity index (χ2v) is 9.45. The van der Waals surface area contributed by atoms with Gasteiger partial charge in [0.05, 0.1) is 18.4 Å². The molecule has 2 atom stereocenters. The van der Waals surface area contributed by atoms with E-state index in [9.17, 15) is 9.59 Å². The van der Waals surface area contributed by atoms with E-state index < -0.39 is 0 Å². The van der Waals surface area contributed by atoms with E-state index in [1.54, 1.807) is 0 Å². The van der Waals surface area contributed by atoms with Crippen LogP contribution in [0.25, 0.3) is 0 Å². The Morgan fingerprint density at radius 3 is 2.65 bits per heavy atom. The lowest BCUT2D eigenvalue weighted by Gasteiger charge is -2.40. The summed E-state index contributed by atoms with van der Waals surface area (Å²) in [6.45, 7) is 2.22. The van der Waals surface area contributed by atoms with Crippen LogP contribution in [0.5, 0.6) is 0 Å². The van der Waals surface area contributed by atoms with Crippen LogP contribution in [-0.4, -0.2) is 60.8 Å². The normalized spacial score (nSPS) is 22.0. The first kappa shape index (κ1) is 22.4. The molecule has 8 nitrogen and oxygen atoms in total. The fourth-order valence-electron chi connectivity index (χ4n) is 5.52. The molecule has 3 aliphatic rings. The van der Waals surface area contributed by atoms with Crippen LogP contribution >= 0.6 is 0 Å². The molecular formula is C26H31N5O3. The number of amides is 1. The number of methoxy groups -OCH3 is 1. The Morgan fingerprint density at radius 1 is 1.18 bits per heavy atom. The van der Waals surface area contributed by atoms with Gasteiger partial charge < -0.3 is 25.3 Å².